The van der Waals surface area contributed by atoms with Crippen molar-refractivity contribution in [2.45, 2.75) is 91.3 Å². The van der Waals surface area contributed by atoms with Gasteiger partial charge in [-0.15, -0.1) is 13.2 Å². The van der Waals surface area contributed by atoms with Gasteiger partial charge in [0, 0.05) is 5.92 Å². The van der Waals surface area contributed by atoms with Crippen LogP contribution >= 0.6 is 0 Å². The van der Waals surface area contributed by atoms with Crippen LogP contribution in [-0.2, 0) is 19.0 Å². The lowest BCUT2D eigenvalue weighted by Crippen LogP contribution is -2.56. The van der Waals surface area contributed by atoms with E-state index in [1.807, 2.05) is 26.8 Å². The normalized spacial score (nSPS) is 41.3. The lowest BCUT2D eigenvalue weighted by Gasteiger charge is -2.46. The highest BCUT2D eigenvalue weighted by Gasteiger charge is 2.67. The summed E-state index contributed by atoms with van der Waals surface area (Å²) in [6.07, 6.45) is 6.56. The lowest BCUT2D eigenvalue weighted by atomic mass is 9.61. The van der Waals surface area contributed by atoms with Gasteiger partial charge in [0.05, 0.1) is 12.7 Å². The minimum absolute atomic E-state index is 0.0842. The average Bonchev–Trinajstić information content (AvgIpc) is 3.08. The highest BCUT2D eigenvalue weighted by Crippen LogP contribution is 2.64. The van der Waals surface area contributed by atoms with Crippen molar-refractivity contribution in [1.29, 1.82) is 0 Å². The summed E-state index contributed by atoms with van der Waals surface area (Å²) in [5.74, 6) is -0.911. The molecule has 1 aliphatic heterocycles. The molecule has 1 saturated carbocycles. The van der Waals surface area contributed by atoms with Crippen LogP contribution in [0.15, 0.2) is 37.0 Å². The van der Waals surface area contributed by atoms with Gasteiger partial charge in [-0.1, -0.05) is 39.8 Å². The maximum Gasteiger partial charge on any atom is 0.315 e. The van der Waals surface area contributed by atoms with Crippen molar-refractivity contribution in [3.8, 4) is 0 Å². The molecule has 3 aliphatic rings. The van der Waals surface area contributed by atoms with Crippen molar-refractivity contribution in [3.05, 3.63) is 37.0 Å². The van der Waals surface area contributed by atoms with Crippen molar-refractivity contribution in [1.82, 2.24) is 0 Å². The highest BCUT2D eigenvalue weighted by atomic mass is 16.8. The van der Waals surface area contributed by atoms with Crippen LogP contribution in [0.4, 0.5) is 0 Å². The van der Waals surface area contributed by atoms with E-state index >= 15 is 0 Å². The zero-order valence-electron chi connectivity index (χ0n) is 20.9. The Morgan fingerprint density at radius 2 is 1.91 bits per heavy atom. The summed E-state index contributed by atoms with van der Waals surface area (Å²) in [4.78, 5) is 13.5. The summed E-state index contributed by atoms with van der Waals surface area (Å²) in [6, 6.07) is 0. The van der Waals surface area contributed by atoms with E-state index in [0.717, 1.165) is 12.0 Å². The zero-order chi connectivity index (χ0) is 24.1. The molecule has 0 bridgehead atoms. The van der Waals surface area contributed by atoms with Crippen LogP contribution in [0, 0.1) is 28.6 Å². The van der Waals surface area contributed by atoms with Gasteiger partial charge in [0.15, 0.2) is 5.79 Å². The predicted molar refractivity (Wildman–Crippen MR) is 126 cm³/mol. The second kappa shape index (κ2) is 8.41. The molecule has 0 aromatic carbocycles. The first-order valence-corrected chi connectivity index (χ1v) is 12.1. The first kappa shape index (κ1) is 25.2. The van der Waals surface area contributed by atoms with E-state index in [-0.39, 0.29) is 42.0 Å². The lowest BCUT2D eigenvalue weighted by molar-refractivity contribution is -0.175. The van der Waals surface area contributed by atoms with Gasteiger partial charge in [0.1, 0.15) is 17.1 Å². The first-order chi connectivity index (χ1) is 14.8. The quantitative estimate of drug-likeness (QED) is 0.430. The Hall–Kier alpha value is -1.43. The largest absolute Gasteiger partial charge is 0.465 e. The van der Waals surface area contributed by atoms with Crippen molar-refractivity contribution in [2.75, 3.05) is 6.61 Å². The molecule has 0 unspecified atom stereocenters. The Kier molecular flexibility index (Phi) is 6.62. The maximum absolute atomic E-state index is 13.5. The Morgan fingerprint density at radius 1 is 1.25 bits per heavy atom. The Balaban J connectivity index is 2.28. The van der Waals surface area contributed by atoms with E-state index in [4.69, 9.17) is 14.2 Å². The molecule has 32 heavy (non-hydrogen) atoms. The molecule has 1 heterocycles. The molecule has 0 aromatic rings. The van der Waals surface area contributed by atoms with Gasteiger partial charge in [-0.2, -0.15) is 0 Å². The number of carbonyl (C=O) groups excluding carboxylic acids is 1. The minimum Gasteiger partial charge on any atom is -0.465 e. The van der Waals surface area contributed by atoms with Crippen molar-refractivity contribution in [3.63, 3.8) is 0 Å². The maximum atomic E-state index is 13.5. The minimum atomic E-state index is -1.49. The number of allylic oxidation sites excluding steroid dienone is 1. The van der Waals surface area contributed by atoms with E-state index in [2.05, 4.69) is 33.9 Å². The van der Waals surface area contributed by atoms with Crippen LogP contribution in [-0.4, -0.2) is 41.3 Å². The van der Waals surface area contributed by atoms with Crippen LogP contribution < -0.4 is 0 Å². The summed E-state index contributed by atoms with van der Waals surface area (Å²) in [5, 5.41) is 12.4. The molecule has 180 valence electrons. The van der Waals surface area contributed by atoms with E-state index in [1.54, 1.807) is 19.1 Å². The average molecular weight is 447 g/mol. The summed E-state index contributed by atoms with van der Waals surface area (Å²) in [7, 11) is 0. The third kappa shape index (κ3) is 3.52. The van der Waals surface area contributed by atoms with Crippen LogP contribution in [0.1, 0.15) is 67.7 Å². The van der Waals surface area contributed by atoms with E-state index in [9.17, 15) is 9.90 Å². The molecule has 3 rings (SSSR count). The third-order valence-corrected chi connectivity index (χ3v) is 8.32. The van der Waals surface area contributed by atoms with Gasteiger partial charge in [-0.05, 0) is 68.9 Å². The molecule has 0 spiro atoms. The fourth-order valence-electron chi connectivity index (χ4n) is 6.77. The second-order valence-electron chi connectivity index (χ2n) is 11.0. The summed E-state index contributed by atoms with van der Waals surface area (Å²) < 4.78 is 18.4. The predicted octanol–water partition coefficient (Wildman–Crippen LogP) is 5.20. The molecule has 1 N–H and O–H groups in total. The molecule has 0 radical (unpaired) electrons. The number of fused-ring (bicyclic) bond motifs is 3. The van der Waals surface area contributed by atoms with Gasteiger partial charge >= 0.3 is 5.97 Å². The Morgan fingerprint density at radius 3 is 2.44 bits per heavy atom. The second-order valence-corrected chi connectivity index (χ2v) is 11.0. The zero-order valence-corrected chi connectivity index (χ0v) is 20.9. The van der Waals surface area contributed by atoms with Crippen molar-refractivity contribution < 1.29 is 24.1 Å². The Labute approximate surface area is 193 Å². The number of rotatable bonds is 7. The monoisotopic (exact) mass is 446 g/mol. The smallest absolute Gasteiger partial charge is 0.315 e. The van der Waals surface area contributed by atoms with E-state index in [1.165, 1.54) is 0 Å². The molecule has 2 aliphatic carbocycles. The number of hydrogen-bond acceptors (Lipinski definition) is 5. The van der Waals surface area contributed by atoms with E-state index in [0.29, 0.717) is 18.8 Å². The van der Waals surface area contributed by atoms with Gasteiger partial charge < -0.3 is 19.3 Å². The van der Waals surface area contributed by atoms with Crippen LogP contribution in [0.3, 0.4) is 0 Å². The Bertz CT molecular complexity index is 798. The van der Waals surface area contributed by atoms with Crippen LogP contribution in [0.2, 0.25) is 0 Å². The molecule has 5 heteroatoms. The van der Waals surface area contributed by atoms with Crippen molar-refractivity contribution in [2.24, 2.45) is 28.6 Å². The van der Waals surface area contributed by atoms with Gasteiger partial charge in [0.2, 0.25) is 0 Å². The number of aliphatic hydroxyl groups is 1. The standard InChI is InChI=1S/C27H42O5/c1-10-13-26(23(28)30-12-3)15-14-25(9)19(16-27(26,29)18(6)11-2)21-22(20(25)17(4)5)32-24(7,8)31-21/h10-11,16-18,20-22,29H,1-2,12-15H2,3-9H3/t18-,20+,21-,22+,25+,26-,27-/m1/s1. The summed E-state index contributed by atoms with van der Waals surface area (Å²) >= 11 is 0. The number of ether oxygens (including phenoxy) is 3. The molecule has 5 nitrogen and oxygen atoms in total. The summed E-state index contributed by atoms with van der Waals surface area (Å²) in [5.41, 5.74) is -1.87. The third-order valence-electron chi connectivity index (χ3n) is 8.32. The highest BCUT2D eigenvalue weighted by molar-refractivity contribution is 5.80. The molecule has 1 saturated heterocycles. The number of esters is 1. The number of carbonyl (C=O) groups is 1. The number of hydrogen-bond donors (Lipinski definition) is 1. The van der Waals surface area contributed by atoms with Gasteiger partial charge in [-0.25, -0.2) is 0 Å². The van der Waals surface area contributed by atoms with Crippen LogP contribution in [0.5, 0.6) is 0 Å². The first-order valence-electron chi connectivity index (χ1n) is 12.1. The molecule has 2 fully saturated rings. The van der Waals surface area contributed by atoms with Crippen molar-refractivity contribution >= 4 is 5.97 Å². The fraction of sp³-hybridized carbons (Fsp3) is 0.741. The summed E-state index contributed by atoms with van der Waals surface area (Å²) in [6.45, 7) is 22.4. The SMILES string of the molecule is C=CC[C@]1(C(=O)OCC)CC[C@@]2(C)C(=C[C@@]1(O)[C@H](C)C=C)[C@H]1OC(C)(C)O[C@H]1[C@@H]2C(C)C. The van der Waals surface area contributed by atoms with E-state index < -0.39 is 16.8 Å². The topological polar surface area (TPSA) is 65.0 Å². The van der Waals surface area contributed by atoms with Crippen LogP contribution in [0.25, 0.3) is 0 Å². The molecular weight excluding hydrogens is 404 g/mol. The molecule has 7 atom stereocenters. The fourth-order valence-corrected chi connectivity index (χ4v) is 6.77. The molecular formula is C27H42O5. The molecule has 0 aromatic heterocycles. The van der Waals surface area contributed by atoms with Gasteiger partial charge in [-0.3, -0.25) is 4.79 Å². The molecule has 0 amide bonds. The van der Waals surface area contributed by atoms with Gasteiger partial charge in [0.25, 0.3) is 0 Å².